The van der Waals surface area contributed by atoms with Crippen LogP contribution < -0.4 is 0 Å². The van der Waals surface area contributed by atoms with E-state index in [1.807, 2.05) is 0 Å². The number of rotatable bonds is 7. The highest BCUT2D eigenvalue weighted by atomic mass is 19.4. The maximum absolute atomic E-state index is 12.5. The van der Waals surface area contributed by atoms with Gasteiger partial charge in [-0.1, -0.05) is 0 Å². The van der Waals surface area contributed by atoms with Gasteiger partial charge in [0.15, 0.2) is 11.7 Å². The van der Waals surface area contributed by atoms with Crippen LogP contribution in [0.1, 0.15) is 6.42 Å². The number of halogens is 9. The molecule has 0 rings (SSSR count). The number of alkyl halides is 9. The Labute approximate surface area is 141 Å². The predicted octanol–water partition coefficient (Wildman–Crippen LogP) is -0.207. The lowest BCUT2D eigenvalue weighted by atomic mass is 9.81. The lowest BCUT2D eigenvalue weighted by Crippen LogP contribution is -2.62. The van der Waals surface area contributed by atoms with Gasteiger partial charge in [-0.15, -0.1) is 0 Å². The molecule has 27 heavy (non-hydrogen) atoms. The normalized spacial score (nSPS) is 17.6. The Hall–Kier alpha value is -2.07. The van der Waals surface area contributed by atoms with Crippen LogP contribution in [0.2, 0.25) is 0 Å². The van der Waals surface area contributed by atoms with Crippen LogP contribution in [0.4, 0.5) is 39.5 Å². The monoisotopic (exact) mass is 422 g/mol. The molecule has 156 valence electrons. The fourth-order valence-electron chi connectivity index (χ4n) is 1.62. The van der Waals surface area contributed by atoms with Crippen molar-refractivity contribution < 1.29 is 74.0 Å². The molecule has 0 saturated carbocycles. The number of aliphatic hydroxyl groups is 3. The zero-order chi connectivity index (χ0) is 22.2. The van der Waals surface area contributed by atoms with E-state index in [2.05, 4.69) is 0 Å². The van der Waals surface area contributed by atoms with Crippen molar-refractivity contribution in [2.45, 2.75) is 42.8 Å². The molecule has 0 aliphatic heterocycles. The SMILES string of the molecule is O=C(C[C@@](O)(C(=O)C(F)(F)F)[C@H](O)C(O)C(=O)C(F)(F)F)C(=O)C(F)(F)F. The molecule has 3 N–H and O–H groups in total. The molecule has 0 bridgehead atoms. The van der Waals surface area contributed by atoms with Gasteiger partial charge in [-0.05, 0) is 0 Å². The van der Waals surface area contributed by atoms with E-state index in [4.69, 9.17) is 5.11 Å². The summed E-state index contributed by atoms with van der Waals surface area (Å²) in [7, 11) is 0. The highest BCUT2D eigenvalue weighted by molar-refractivity contribution is 6.40. The van der Waals surface area contributed by atoms with Crippen LogP contribution >= 0.6 is 0 Å². The van der Waals surface area contributed by atoms with E-state index in [-0.39, 0.29) is 0 Å². The van der Waals surface area contributed by atoms with Gasteiger partial charge in [-0.2, -0.15) is 39.5 Å². The first-order chi connectivity index (χ1) is 11.7. The second kappa shape index (κ2) is 7.51. The predicted molar refractivity (Wildman–Crippen MR) is 59.8 cm³/mol. The van der Waals surface area contributed by atoms with E-state index in [0.29, 0.717) is 0 Å². The number of ketones is 4. The van der Waals surface area contributed by atoms with Crippen LogP contribution in [-0.4, -0.2) is 74.8 Å². The molecule has 0 radical (unpaired) electrons. The molecule has 0 aromatic carbocycles. The summed E-state index contributed by atoms with van der Waals surface area (Å²) in [5, 5.41) is 27.7. The smallest absolute Gasteiger partial charge is 0.386 e. The van der Waals surface area contributed by atoms with Crippen LogP contribution in [0.15, 0.2) is 0 Å². The van der Waals surface area contributed by atoms with E-state index in [1.165, 1.54) is 0 Å². The minimum Gasteiger partial charge on any atom is -0.386 e. The van der Waals surface area contributed by atoms with Crippen LogP contribution in [0.3, 0.4) is 0 Å². The standard InChI is InChI=1S/C11H7F9O7/c12-9(13,14)4(23)2(21)1-8(27,7(26)11(18,19)20)5(24)3(22)6(25)10(15,16)17/h3,5,22,24,27H,1H2/t3?,5-,8+/m1/s1. The largest absolute Gasteiger partial charge is 0.458 e. The van der Waals surface area contributed by atoms with Gasteiger partial charge in [0, 0.05) is 0 Å². The number of hydrogen-bond acceptors (Lipinski definition) is 7. The summed E-state index contributed by atoms with van der Waals surface area (Å²) in [6.07, 6.45) is -29.2. The van der Waals surface area contributed by atoms with Crippen LogP contribution in [0, 0.1) is 0 Å². The molecule has 0 saturated heterocycles. The third-order valence-electron chi connectivity index (χ3n) is 2.93. The maximum Gasteiger partial charge on any atom is 0.458 e. The van der Waals surface area contributed by atoms with Gasteiger partial charge in [0.2, 0.25) is 5.78 Å². The molecule has 0 heterocycles. The summed E-state index contributed by atoms with van der Waals surface area (Å²) in [5.74, 6) is -13.5. The molecule has 7 nitrogen and oxygen atoms in total. The summed E-state index contributed by atoms with van der Waals surface area (Å²) in [6.45, 7) is 0. The van der Waals surface area contributed by atoms with Gasteiger partial charge in [0.25, 0.3) is 11.6 Å². The second-order valence-corrected chi connectivity index (χ2v) is 4.93. The molecule has 0 fully saturated rings. The maximum atomic E-state index is 12.5. The van der Waals surface area contributed by atoms with Crippen molar-refractivity contribution in [1.29, 1.82) is 0 Å². The number of carbonyl (C=O) groups excluding carboxylic acids is 4. The Morgan fingerprint density at radius 2 is 1.15 bits per heavy atom. The number of aliphatic hydroxyl groups excluding tert-OH is 2. The summed E-state index contributed by atoms with van der Waals surface area (Å²) >= 11 is 0. The minimum absolute atomic E-state index is 2.83. The van der Waals surface area contributed by atoms with Gasteiger partial charge in [-0.3, -0.25) is 19.2 Å². The van der Waals surface area contributed by atoms with Gasteiger partial charge >= 0.3 is 24.3 Å². The van der Waals surface area contributed by atoms with Crippen molar-refractivity contribution in [2.75, 3.05) is 0 Å². The molecule has 0 aromatic rings. The fourth-order valence-corrected chi connectivity index (χ4v) is 1.62. The first-order valence-electron chi connectivity index (χ1n) is 6.13. The third kappa shape index (κ3) is 5.70. The average molecular weight is 422 g/mol. The molecule has 16 heteroatoms. The highest BCUT2D eigenvalue weighted by Gasteiger charge is 2.62. The molecule has 1 unspecified atom stereocenters. The first kappa shape index (κ1) is 24.9. The zero-order valence-electron chi connectivity index (χ0n) is 12.2. The van der Waals surface area contributed by atoms with Crippen molar-refractivity contribution in [1.82, 2.24) is 0 Å². The van der Waals surface area contributed by atoms with E-state index >= 15 is 0 Å². The van der Waals surface area contributed by atoms with Gasteiger partial charge in [-0.25, -0.2) is 0 Å². The summed E-state index contributed by atoms with van der Waals surface area (Å²) < 4.78 is 110. The molecule has 3 atom stereocenters. The topological polar surface area (TPSA) is 129 Å². The number of carbonyl (C=O) groups is 4. The van der Waals surface area contributed by atoms with Gasteiger partial charge in [0.05, 0.1) is 6.42 Å². The van der Waals surface area contributed by atoms with Crippen molar-refractivity contribution >= 4 is 23.1 Å². The van der Waals surface area contributed by atoms with Crippen molar-refractivity contribution in [3.8, 4) is 0 Å². The fraction of sp³-hybridized carbons (Fsp3) is 0.636. The first-order valence-corrected chi connectivity index (χ1v) is 6.13. The lowest BCUT2D eigenvalue weighted by Gasteiger charge is -2.33. The van der Waals surface area contributed by atoms with Crippen LogP contribution in [0.25, 0.3) is 0 Å². The van der Waals surface area contributed by atoms with Crippen LogP contribution in [0.5, 0.6) is 0 Å². The Kier molecular flexibility index (Phi) is 6.93. The quantitative estimate of drug-likeness (QED) is 0.383. The van der Waals surface area contributed by atoms with Gasteiger partial charge in [0.1, 0.15) is 6.10 Å². The van der Waals surface area contributed by atoms with Crippen LogP contribution in [-0.2, 0) is 19.2 Å². The third-order valence-corrected chi connectivity index (χ3v) is 2.93. The van der Waals surface area contributed by atoms with Crippen molar-refractivity contribution in [3.05, 3.63) is 0 Å². The van der Waals surface area contributed by atoms with Crippen molar-refractivity contribution in [2.24, 2.45) is 0 Å². The Balaban J connectivity index is 6.11. The molecular formula is C11H7F9O7. The summed E-state index contributed by atoms with van der Waals surface area (Å²) in [6, 6.07) is 0. The van der Waals surface area contributed by atoms with E-state index in [1.54, 1.807) is 0 Å². The van der Waals surface area contributed by atoms with E-state index in [0.717, 1.165) is 0 Å². The molecule has 0 amide bonds. The lowest BCUT2D eigenvalue weighted by molar-refractivity contribution is -0.214. The van der Waals surface area contributed by atoms with E-state index < -0.39 is 65.9 Å². The second-order valence-electron chi connectivity index (χ2n) is 4.93. The molecule has 0 spiro atoms. The Bertz CT molecular complexity index is 634. The number of Topliss-reactive ketones (excluding diaryl/α,β-unsaturated/α-hetero) is 4. The van der Waals surface area contributed by atoms with Crippen molar-refractivity contribution in [3.63, 3.8) is 0 Å². The number of hydrogen-bond donors (Lipinski definition) is 3. The zero-order valence-corrected chi connectivity index (χ0v) is 12.2. The summed E-state index contributed by atoms with van der Waals surface area (Å²) in [5.41, 5.74) is -4.91. The van der Waals surface area contributed by atoms with Gasteiger partial charge < -0.3 is 15.3 Å². The summed E-state index contributed by atoms with van der Waals surface area (Å²) in [4.78, 5) is 43.6. The van der Waals surface area contributed by atoms with E-state index in [9.17, 15) is 68.9 Å². The molecule has 0 aliphatic carbocycles. The highest BCUT2D eigenvalue weighted by Crippen LogP contribution is 2.33. The average Bonchev–Trinajstić information content (AvgIpc) is 2.47. The molecule has 0 aromatic heterocycles. The minimum atomic E-state index is -6.27. The molecule has 0 aliphatic rings. The molecular weight excluding hydrogens is 415 g/mol. The Morgan fingerprint density at radius 1 is 0.741 bits per heavy atom. The Morgan fingerprint density at radius 3 is 1.44 bits per heavy atom.